The van der Waals surface area contributed by atoms with Gasteiger partial charge in [0.1, 0.15) is 5.15 Å². The fourth-order valence-corrected chi connectivity index (χ4v) is 2.24. The number of nitrogens with zero attached hydrogens (tertiary/aromatic N) is 2. The zero-order chi connectivity index (χ0) is 12.7. The Balaban J connectivity index is 2.12. The molecule has 92 valence electrons. The fraction of sp³-hybridized carbons (Fsp3) is 0.0909. The molecular weight excluding hydrogens is 390 g/mol. The van der Waals surface area contributed by atoms with Crippen LogP contribution < -0.4 is 9.47 Å². The van der Waals surface area contributed by atoms with Crippen LogP contribution >= 0.6 is 45.8 Å². The third-order valence-corrected chi connectivity index (χ3v) is 4.06. The lowest BCUT2D eigenvalue weighted by molar-refractivity contribution is 0.174. The Bertz CT molecular complexity index is 637. The molecule has 0 atom stereocenters. The summed E-state index contributed by atoms with van der Waals surface area (Å²) in [6.45, 7) is 0.173. The van der Waals surface area contributed by atoms with Crippen LogP contribution in [0.5, 0.6) is 11.5 Å². The van der Waals surface area contributed by atoms with E-state index in [4.69, 9.17) is 32.7 Å². The van der Waals surface area contributed by atoms with Gasteiger partial charge in [-0.25, -0.2) is 9.97 Å². The Morgan fingerprint density at radius 1 is 1.22 bits per heavy atom. The summed E-state index contributed by atoms with van der Waals surface area (Å²) in [6, 6.07) is 3.51. The highest BCUT2D eigenvalue weighted by Gasteiger charge is 2.19. The molecule has 0 saturated carbocycles. The van der Waals surface area contributed by atoms with Crippen molar-refractivity contribution in [1.82, 2.24) is 9.97 Å². The Morgan fingerprint density at radius 3 is 2.83 bits per heavy atom. The summed E-state index contributed by atoms with van der Waals surface area (Å²) >= 11 is 14.1. The van der Waals surface area contributed by atoms with E-state index in [1.165, 1.54) is 0 Å². The van der Waals surface area contributed by atoms with Gasteiger partial charge in [-0.05, 0) is 34.7 Å². The molecule has 4 nitrogen and oxygen atoms in total. The minimum absolute atomic E-state index is 0.173. The Morgan fingerprint density at radius 2 is 2.06 bits per heavy atom. The molecule has 0 fully saturated rings. The number of aromatic nitrogens is 2. The molecule has 0 aliphatic carbocycles. The van der Waals surface area contributed by atoms with Crippen LogP contribution in [0, 0.1) is 3.57 Å². The van der Waals surface area contributed by atoms with Crippen LogP contribution in [0.25, 0.3) is 11.4 Å². The quantitative estimate of drug-likeness (QED) is 0.545. The fourth-order valence-electron chi connectivity index (χ4n) is 1.58. The van der Waals surface area contributed by atoms with Crippen molar-refractivity contribution in [2.45, 2.75) is 0 Å². The lowest BCUT2D eigenvalue weighted by atomic mass is 10.2. The van der Waals surface area contributed by atoms with Crippen molar-refractivity contribution >= 4 is 45.8 Å². The van der Waals surface area contributed by atoms with Gasteiger partial charge in [0, 0.05) is 11.8 Å². The molecule has 0 unspecified atom stereocenters. The summed E-state index contributed by atoms with van der Waals surface area (Å²) in [5, 5.41) is 0.882. The average molecular weight is 395 g/mol. The van der Waals surface area contributed by atoms with Gasteiger partial charge in [-0.2, -0.15) is 0 Å². The molecule has 0 N–H and O–H groups in total. The zero-order valence-electron chi connectivity index (χ0n) is 8.78. The molecule has 1 aliphatic rings. The van der Waals surface area contributed by atoms with E-state index >= 15 is 0 Å². The normalized spacial score (nSPS) is 12.8. The second-order valence-electron chi connectivity index (χ2n) is 3.52. The van der Waals surface area contributed by atoms with Crippen LogP contribution in [0.3, 0.4) is 0 Å². The van der Waals surface area contributed by atoms with Crippen molar-refractivity contribution < 1.29 is 9.47 Å². The lowest BCUT2D eigenvalue weighted by Crippen LogP contribution is -1.93. The van der Waals surface area contributed by atoms with Crippen LogP contribution in [0.1, 0.15) is 0 Å². The van der Waals surface area contributed by atoms with E-state index in [0.29, 0.717) is 27.5 Å². The molecule has 0 saturated heterocycles. The number of hydrogen-bond donors (Lipinski definition) is 0. The van der Waals surface area contributed by atoms with E-state index in [-0.39, 0.29) is 6.79 Å². The number of halogens is 3. The van der Waals surface area contributed by atoms with Crippen LogP contribution in [-0.2, 0) is 0 Å². The number of rotatable bonds is 1. The molecule has 18 heavy (non-hydrogen) atoms. The standard InChI is InChI=1S/C11H5Cl2IN2O2/c12-6-1-5(2-8-9(6)18-4-17-8)11-15-3-7(14)10(13)16-11/h1-3H,4H2. The first-order chi connectivity index (χ1) is 8.65. The van der Waals surface area contributed by atoms with Gasteiger partial charge in [0.15, 0.2) is 17.3 Å². The van der Waals surface area contributed by atoms with Gasteiger partial charge in [-0.15, -0.1) is 0 Å². The third kappa shape index (κ3) is 2.10. The van der Waals surface area contributed by atoms with Crippen molar-refractivity contribution in [3.8, 4) is 22.9 Å². The predicted octanol–water partition coefficient (Wildman–Crippen LogP) is 3.78. The SMILES string of the molecule is Clc1cc(-c2ncc(I)c(Cl)n2)cc2c1OCO2. The Hall–Kier alpha value is -0.790. The van der Waals surface area contributed by atoms with Crippen molar-refractivity contribution in [2.75, 3.05) is 6.79 Å². The van der Waals surface area contributed by atoms with Crippen molar-refractivity contribution in [1.29, 1.82) is 0 Å². The van der Waals surface area contributed by atoms with Crippen LogP contribution in [0.15, 0.2) is 18.3 Å². The topological polar surface area (TPSA) is 44.2 Å². The zero-order valence-corrected chi connectivity index (χ0v) is 12.5. The highest BCUT2D eigenvalue weighted by Crippen LogP contribution is 2.41. The van der Waals surface area contributed by atoms with Crippen molar-refractivity contribution in [2.24, 2.45) is 0 Å². The van der Waals surface area contributed by atoms with E-state index < -0.39 is 0 Å². The van der Waals surface area contributed by atoms with Gasteiger partial charge in [-0.3, -0.25) is 0 Å². The van der Waals surface area contributed by atoms with Crippen molar-refractivity contribution in [3.63, 3.8) is 0 Å². The van der Waals surface area contributed by atoms with Crippen LogP contribution in [-0.4, -0.2) is 16.8 Å². The maximum atomic E-state index is 6.10. The average Bonchev–Trinajstić information content (AvgIpc) is 2.81. The largest absolute Gasteiger partial charge is 0.454 e. The van der Waals surface area contributed by atoms with E-state index in [0.717, 1.165) is 9.13 Å². The summed E-state index contributed by atoms with van der Waals surface area (Å²) in [5.41, 5.74) is 0.738. The molecule has 1 aromatic heterocycles. The van der Waals surface area contributed by atoms with E-state index in [9.17, 15) is 0 Å². The molecule has 0 amide bonds. The first-order valence-corrected chi connectivity index (χ1v) is 6.76. The molecule has 1 aliphatic heterocycles. The Labute approximate surface area is 126 Å². The molecule has 2 aromatic rings. The van der Waals surface area contributed by atoms with Gasteiger partial charge >= 0.3 is 0 Å². The van der Waals surface area contributed by atoms with Gasteiger partial charge in [-0.1, -0.05) is 23.2 Å². The third-order valence-electron chi connectivity index (χ3n) is 2.39. The monoisotopic (exact) mass is 394 g/mol. The molecule has 3 rings (SSSR count). The van der Waals surface area contributed by atoms with E-state index in [1.54, 1.807) is 18.3 Å². The number of benzene rings is 1. The minimum Gasteiger partial charge on any atom is -0.454 e. The van der Waals surface area contributed by atoms with Gasteiger partial charge < -0.3 is 9.47 Å². The molecule has 0 radical (unpaired) electrons. The minimum atomic E-state index is 0.173. The first kappa shape index (κ1) is 12.3. The summed E-state index contributed by atoms with van der Waals surface area (Å²) < 4.78 is 11.3. The smallest absolute Gasteiger partial charge is 0.231 e. The second kappa shape index (κ2) is 4.71. The number of ether oxygens (including phenoxy) is 2. The Kier molecular flexibility index (Phi) is 3.21. The molecule has 2 heterocycles. The molecule has 1 aromatic carbocycles. The number of fused-ring (bicyclic) bond motifs is 1. The van der Waals surface area contributed by atoms with Gasteiger partial charge in [0.2, 0.25) is 6.79 Å². The predicted molar refractivity (Wildman–Crippen MR) is 76.3 cm³/mol. The summed E-state index contributed by atoms with van der Waals surface area (Å²) in [4.78, 5) is 8.42. The molecule has 7 heteroatoms. The van der Waals surface area contributed by atoms with Gasteiger partial charge in [0.05, 0.1) is 8.59 Å². The van der Waals surface area contributed by atoms with E-state index in [1.807, 2.05) is 0 Å². The van der Waals surface area contributed by atoms with E-state index in [2.05, 4.69) is 32.6 Å². The van der Waals surface area contributed by atoms with Crippen LogP contribution in [0.2, 0.25) is 10.2 Å². The van der Waals surface area contributed by atoms with Crippen LogP contribution in [0.4, 0.5) is 0 Å². The van der Waals surface area contributed by atoms with Crippen molar-refractivity contribution in [3.05, 3.63) is 32.1 Å². The maximum Gasteiger partial charge on any atom is 0.231 e. The second-order valence-corrected chi connectivity index (χ2v) is 5.45. The highest BCUT2D eigenvalue weighted by atomic mass is 127. The first-order valence-electron chi connectivity index (χ1n) is 4.92. The molecule has 0 bridgehead atoms. The van der Waals surface area contributed by atoms with Gasteiger partial charge in [0.25, 0.3) is 0 Å². The maximum absolute atomic E-state index is 6.10. The lowest BCUT2D eigenvalue weighted by Gasteiger charge is -2.04. The highest BCUT2D eigenvalue weighted by molar-refractivity contribution is 14.1. The molecular formula is C11H5Cl2IN2O2. The summed E-state index contributed by atoms with van der Waals surface area (Å²) in [7, 11) is 0. The molecule has 0 spiro atoms. The number of hydrogen-bond acceptors (Lipinski definition) is 4. The summed E-state index contributed by atoms with van der Waals surface area (Å²) in [5.74, 6) is 1.65. The summed E-state index contributed by atoms with van der Waals surface area (Å²) in [6.07, 6.45) is 1.66.